The van der Waals surface area contributed by atoms with Crippen molar-refractivity contribution in [3.63, 3.8) is 0 Å². The van der Waals surface area contributed by atoms with Crippen LogP contribution in [0.2, 0.25) is 0 Å². The van der Waals surface area contributed by atoms with Crippen LogP contribution in [0.4, 0.5) is 0 Å². The minimum Gasteiger partial charge on any atom is -0.475 e. The number of hydrogen-bond donors (Lipinski definition) is 2. The molecule has 2 rings (SSSR count). The highest BCUT2D eigenvalue weighted by atomic mass is 16.5. The third kappa shape index (κ3) is 3.18. The first-order valence-corrected chi connectivity index (χ1v) is 5.52. The zero-order valence-corrected chi connectivity index (χ0v) is 10.2. The minimum atomic E-state index is -1.26. The number of nitrogens with one attached hydrogen (secondary N) is 1. The van der Waals surface area contributed by atoms with E-state index in [1.54, 1.807) is 10.9 Å². The number of carboxylic acids is 1. The topological polar surface area (TPSA) is 110 Å². The predicted molar refractivity (Wildman–Crippen MR) is 62.7 cm³/mol. The average Bonchev–Trinajstić information content (AvgIpc) is 2.98. The molecule has 0 aliphatic heterocycles. The molecule has 0 aliphatic carbocycles. The number of carbonyl (C=O) groups excluding carboxylic acids is 1. The van der Waals surface area contributed by atoms with Crippen LogP contribution in [0.5, 0.6) is 0 Å². The van der Waals surface area contributed by atoms with Crippen LogP contribution in [0.3, 0.4) is 0 Å². The summed E-state index contributed by atoms with van der Waals surface area (Å²) in [6.07, 6.45) is 4.19. The summed E-state index contributed by atoms with van der Waals surface area (Å²) in [4.78, 5) is 22.2. The summed E-state index contributed by atoms with van der Waals surface area (Å²) >= 11 is 0. The van der Waals surface area contributed by atoms with Gasteiger partial charge in [0, 0.05) is 25.9 Å². The molecule has 0 unspecified atom stereocenters. The number of carboxylic acid groups (broad SMARTS) is 1. The van der Waals surface area contributed by atoms with E-state index in [0.717, 1.165) is 11.6 Å². The fourth-order valence-corrected chi connectivity index (χ4v) is 1.49. The number of nitrogens with zero attached hydrogens (tertiary/aromatic N) is 3. The maximum absolute atomic E-state index is 11.6. The lowest BCUT2D eigenvalue weighted by atomic mass is 10.2. The van der Waals surface area contributed by atoms with Gasteiger partial charge in [0.1, 0.15) is 0 Å². The number of hydrogen-bond acceptors (Lipinski definition) is 5. The molecule has 0 fully saturated rings. The molecule has 2 aromatic heterocycles. The third-order valence-corrected chi connectivity index (χ3v) is 2.41. The van der Waals surface area contributed by atoms with Gasteiger partial charge in [-0.05, 0) is 12.0 Å². The van der Waals surface area contributed by atoms with Gasteiger partial charge in [-0.3, -0.25) is 9.48 Å². The lowest BCUT2D eigenvalue weighted by Crippen LogP contribution is -2.25. The molecule has 2 aromatic rings. The molecule has 100 valence electrons. The molecule has 1 amide bonds. The second-order valence-electron chi connectivity index (χ2n) is 3.91. The largest absolute Gasteiger partial charge is 0.475 e. The Bertz CT molecular complexity index is 601. The van der Waals surface area contributed by atoms with Crippen molar-refractivity contribution in [1.29, 1.82) is 0 Å². The van der Waals surface area contributed by atoms with Crippen molar-refractivity contribution in [3.05, 3.63) is 35.5 Å². The zero-order valence-electron chi connectivity index (χ0n) is 10.2. The fraction of sp³-hybridized carbons (Fsp3) is 0.273. The van der Waals surface area contributed by atoms with Crippen LogP contribution in [-0.4, -0.2) is 38.5 Å². The lowest BCUT2D eigenvalue weighted by molar-refractivity contribution is 0.0651. The molecule has 8 heteroatoms. The molecule has 0 radical (unpaired) electrons. The Labute approximate surface area is 108 Å². The van der Waals surface area contributed by atoms with Crippen LogP contribution >= 0.6 is 0 Å². The van der Waals surface area contributed by atoms with Gasteiger partial charge in [-0.2, -0.15) is 5.10 Å². The van der Waals surface area contributed by atoms with Crippen molar-refractivity contribution in [2.24, 2.45) is 7.05 Å². The van der Waals surface area contributed by atoms with E-state index in [4.69, 9.17) is 5.11 Å². The van der Waals surface area contributed by atoms with Gasteiger partial charge < -0.3 is 14.9 Å². The first kappa shape index (κ1) is 12.8. The molecule has 0 aromatic carbocycles. The third-order valence-electron chi connectivity index (χ3n) is 2.41. The number of rotatable bonds is 5. The summed E-state index contributed by atoms with van der Waals surface area (Å²) in [6.45, 7) is 0.403. The van der Waals surface area contributed by atoms with Crippen molar-refractivity contribution >= 4 is 11.9 Å². The van der Waals surface area contributed by atoms with E-state index in [-0.39, 0.29) is 11.5 Å². The molecule has 2 heterocycles. The van der Waals surface area contributed by atoms with Gasteiger partial charge in [0.15, 0.2) is 5.69 Å². The van der Waals surface area contributed by atoms with E-state index in [1.165, 1.54) is 0 Å². The molecular weight excluding hydrogens is 252 g/mol. The van der Waals surface area contributed by atoms with E-state index in [9.17, 15) is 9.59 Å². The molecule has 0 saturated carbocycles. The summed E-state index contributed by atoms with van der Waals surface area (Å²) in [6, 6.07) is 1.09. The van der Waals surface area contributed by atoms with Gasteiger partial charge in [0.25, 0.3) is 5.91 Å². The van der Waals surface area contributed by atoms with Gasteiger partial charge in [-0.15, -0.1) is 0 Å². The van der Waals surface area contributed by atoms with Crippen LogP contribution in [0, 0.1) is 0 Å². The van der Waals surface area contributed by atoms with Crippen LogP contribution in [0.25, 0.3) is 0 Å². The van der Waals surface area contributed by atoms with Crippen LogP contribution in [0.1, 0.15) is 26.6 Å². The van der Waals surface area contributed by atoms with Crippen molar-refractivity contribution in [2.45, 2.75) is 6.42 Å². The monoisotopic (exact) mass is 264 g/mol. The highest BCUT2D eigenvalue weighted by Gasteiger charge is 2.16. The Hall–Kier alpha value is -2.64. The Morgan fingerprint density at radius 1 is 1.53 bits per heavy atom. The summed E-state index contributed by atoms with van der Waals surface area (Å²) in [5, 5.41) is 18.6. The number of aromatic nitrogens is 3. The summed E-state index contributed by atoms with van der Waals surface area (Å²) in [5.41, 5.74) is 0.942. The van der Waals surface area contributed by atoms with Crippen LogP contribution < -0.4 is 5.32 Å². The smallest absolute Gasteiger partial charge is 0.374 e. The number of aromatic carboxylic acids is 1. The molecular formula is C11H12N4O4. The molecule has 0 spiro atoms. The fourth-order valence-electron chi connectivity index (χ4n) is 1.49. The van der Waals surface area contributed by atoms with Gasteiger partial charge in [0.05, 0.1) is 6.20 Å². The summed E-state index contributed by atoms with van der Waals surface area (Å²) < 4.78 is 6.17. The molecule has 0 aliphatic rings. The lowest BCUT2D eigenvalue weighted by Gasteiger charge is -2.00. The van der Waals surface area contributed by atoms with Crippen LogP contribution in [0.15, 0.2) is 23.0 Å². The first-order chi connectivity index (χ1) is 9.06. The van der Waals surface area contributed by atoms with Crippen molar-refractivity contribution in [1.82, 2.24) is 20.3 Å². The zero-order chi connectivity index (χ0) is 13.8. The van der Waals surface area contributed by atoms with Crippen molar-refractivity contribution in [2.75, 3.05) is 6.54 Å². The van der Waals surface area contributed by atoms with Crippen molar-refractivity contribution < 1.29 is 19.2 Å². The summed E-state index contributed by atoms with van der Waals surface area (Å²) in [7, 11) is 1.81. The second kappa shape index (κ2) is 5.34. The minimum absolute atomic E-state index is 0.0522. The van der Waals surface area contributed by atoms with E-state index >= 15 is 0 Å². The van der Waals surface area contributed by atoms with E-state index < -0.39 is 11.9 Å². The van der Waals surface area contributed by atoms with Gasteiger partial charge in [-0.25, -0.2) is 4.79 Å². The van der Waals surface area contributed by atoms with E-state index in [0.29, 0.717) is 13.0 Å². The Balaban J connectivity index is 1.85. The molecule has 2 N–H and O–H groups in total. The highest BCUT2D eigenvalue weighted by molar-refractivity contribution is 5.94. The maximum Gasteiger partial charge on any atom is 0.374 e. The number of amides is 1. The van der Waals surface area contributed by atoms with Gasteiger partial charge in [-0.1, -0.05) is 5.16 Å². The normalized spacial score (nSPS) is 10.4. The standard InChI is InChI=1S/C11H12N4O4/c1-15-6-7(5-13-15)2-3-12-10(16)8-4-9(11(17)18)19-14-8/h4-6H,2-3H2,1H3,(H,12,16)(H,17,18). The van der Waals surface area contributed by atoms with Gasteiger partial charge >= 0.3 is 5.97 Å². The molecule has 19 heavy (non-hydrogen) atoms. The molecule has 8 nitrogen and oxygen atoms in total. The predicted octanol–water partition coefficient (Wildman–Crippen LogP) is 0.0788. The van der Waals surface area contributed by atoms with Crippen molar-refractivity contribution in [3.8, 4) is 0 Å². The SMILES string of the molecule is Cn1cc(CCNC(=O)c2cc(C(=O)O)on2)cn1. The average molecular weight is 264 g/mol. The maximum atomic E-state index is 11.6. The number of carbonyl (C=O) groups is 2. The number of aryl methyl sites for hydroxylation is 1. The molecule has 0 atom stereocenters. The Kier molecular flexibility index (Phi) is 3.60. The van der Waals surface area contributed by atoms with E-state index in [2.05, 4.69) is 20.1 Å². The Morgan fingerprint density at radius 2 is 2.32 bits per heavy atom. The molecule has 0 bridgehead atoms. The van der Waals surface area contributed by atoms with E-state index in [1.807, 2.05) is 13.2 Å². The highest BCUT2D eigenvalue weighted by Crippen LogP contribution is 2.03. The van der Waals surface area contributed by atoms with Crippen LogP contribution in [-0.2, 0) is 13.5 Å². The summed E-state index contributed by atoms with van der Waals surface area (Å²) in [5.74, 6) is -2.10. The second-order valence-corrected chi connectivity index (χ2v) is 3.91. The molecule has 0 saturated heterocycles. The first-order valence-electron chi connectivity index (χ1n) is 5.52. The Morgan fingerprint density at radius 3 is 2.89 bits per heavy atom. The van der Waals surface area contributed by atoms with Gasteiger partial charge in [0.2, 0.25) is 5.76 Å². The quantitative estimate of drug-likeness (QED) is 0.791.